The van der Waals surface area contributed by atoms with Crippen LogP contribution >= 0.6 is 11.3 Å². The summed E-state index contributed by atoms with van der Waals surface area (Å²) in [6.07, 6.45) is 3.65. The fraction of sp³-hybridized carbons (Fsp3) is 0.100. The Morgan fingerprint density at radius 3 is 2.54 bits per heavy atom. The molecule has 0 unspecified atom stereocenters. The van der Waals surface area contributed by atoms with Crippen LogP contribution in [0.25, 0.3) is 11.3 Å². The number of aromatic nitrogens is 1. The zero-order valence-electron chi connectivity index (χ0n) is 13.6. The van der Waals surface area contributed by atoms with E-state index in [1.165, 1.54) is 11.1 Å². The molecular formula is C20H19N3S. The van der Waals surface area contributed by atoms with Crippen LogP contribution in [0.3, 0.4) is 0 Å². The Kier molecular flexibility index (Phi) is 5.18. The number of nitrogens with zero attached hydrogens (tertiary/aromatic N) is 3. The summed E-state index contributed by atoms with van der Waals surface area (Å²) in [7, 11) is 0. The minimum Gasteiger partial charge on any atom is -0.311 e. The molecule has 0 radical (unpaired) electrons. The molecule has 0 aliphatic rings. The van der Waals surface area contributed by atoms with Crippen LogP contribution in [0.4, 0.5) is 0 Å². The molecule has 0 fully saturated rings. The fourth-order valence-corrected chi connectivity index (χ4v) is 3.23. The van der Waals surface area contributed by atoms with Crippen LogP contribution in [0.1, 0.15) is 11.1 Å². The van der Waals surface area contributed by atoms with Gasteiger partial charge in [-0.05, 0) is 18.1 Å². The molecule has 0 atom stereocenters. The zero-order valence-corrected chi connectivity index (χ0v) is 14.4. The number of thiazole rings is 1. The van der Waals surface area contributed by atoms with Crippen molar-refractivity contribution in [2.75, 3.05) is 0 Å². The molecule has 3 nitrogen and oxygen atoms in total. The van der Waals surface area contributed by atoms with Crippen LogP contribution in [0.15, 0.2) is 82.8 Å². The summed E-state index contributed by atoms with van der Waals surface area (Å²) in [5.41, 5.74) is 4.57. The Bertz CT molecular complexity index is 900. The summed E-state index contributed by atoms with van der Waals surface area (Å²) >= 11 is 1.58. The normalized spacial score (nSPS) is 12.0. The van der Waals surface area contributed by atoms with Gasteiger partial charge in [0.1, 0.15) is 0 Å². The maximum absolute atomic E-state index is 4.39. The van der Waals surface area contributed by atoms with Crippen LogP contribution in [0, 0.1) is 6.92 Å². The van der Waals surface area contributed by atoms with Gasteiger partial charge >= 0.3 is 0 Å². The second-order valence-corrected chi connectivity index (χ2v) is 6.26. The highest BCUT2D eigenvalue weighted by atomic mass is 32.1. The third-order valence-electron chi connectivity index (χ3n) is 3.61. The third-order valence-corrected chi connectivity index (χ3v) is 4.46. The van der Waals surface area contributed by atoms with Crippen molar-refractivity contribution < 1.29 is 0 Å². The second-order valence-electron chi connectivity index (χ2n) is 5.42. The molecule has 0 bridgehead atoms. The van der Waals surface area contributed by atoms with Gasteiger partial charge in [-0.2, -0.15) is 5.10 Å². The van der Waals surface area contributed by atoms with Gasteiger partial charge in [0.15, 0.2) is 0 Å². The lowest BCUT2D eigenvalue weighted by atomic mass is 10.2. The maximum atomic E-state index is 4.39. The molecule has 1 heterocycles. The van der Waals surface area contributed by atoms with Gasteiger partial charge in [0.2, 0.25) is 4.80 Å². The van der Waals surface area contributed by atoms with Crippen LogP contribution in [-0.4, -0.2) is 10.8 Å². The minimum atomic E-state index is 0.701. The predicted molar refractivity (Wildman–Crippen MR) is 102 cm³/mol. The van der Waals surface area contributed by atoms with E-state index in [1.54, 1.807) is 17.6 Å². The van der Waals surface area contributed by atoms with Gasteiger partial charge in [-0.15, -0.1) is 23.0 Å². The van der Waals surface area contributed by atoms with E-state index in [2.05, 4.69) is 57.9 Å². The van der Waals surface area contributed by atoms with Gasteiger partial charge in [0.05, 0.1) is 11.9 Å². The van der Waals surface area contributed by atoms with E-state index in [4.69, 9.17) is 0 Å². The molecule has 24 heavy (non-hydrogen) atoms. The lowest BCUT2D eigenvalue weighted by Gasteiger charge is -2.05. The Morgan fingerprint density at radius 1 is 1.08 bits per heavy atom. The number of benzene rings is 2. The first-order valence-corrected chi connectivity index (χ1v) is 8.64. The smallest absolute Gasteiger partial charge is 0.211 e. The molecule has 0 saturated heterocycles. The first-order chi connectivity index (χ1) is 11.8. The quantitative estimate of drug-likeness (QED) is 0.370. The van der Waals surface area contributed by atoms with Crippen molar-refractivity contribution in [3.63, 3.8) is 0 Å². The van der Waals surface area contributed by atoms with Crippen molar-refractivity contribution in [3.8, 4) is 11.3 Å². The van der Waals surface area contributed by atoms with Crippen LogP contribution in [-0.2, 0) is 6.54 Å². The van der Waals surface area contributed by atoms with E-state index in [-0.39, 0.29) is 0 Å². The van der Waals surface area contributed by atoms with E-state index < -0.39 is 0 Å². The second kappa shape index (κ2) is 7.70. The summed E-state index contributed by atoms with van der Waals surface area (Å²) in [5.74, 6) is 0. The van der Waals surface area contributed by atoms with Crippen molar-refractivity contribution in [2.45, 2.75) is 13.5 Å². The summed E-state index contributed by atoms with van der Waals surface area (Å²) in [5, 5.41) is 10.7. The Balaban J connectivity index is 1.94. The minimum absolute atomic E-state index is 0.701. The monoisotopic (exact) mass is 333 g/mol. The summed E-state index contributed by atoms with van der Waals surface area (Å²) in [6, 6.07) is 18.5. The SMILES string of the molecule is C=CCn1c(-c2ccccc2)cs/c1=N\N=C/c1ccc(C)cc1. The highest BCUT2D eigenvalue weighted by molar-refractivity contribution is 7.07. The number of hydrogen-bond donors (Lipinski definition) is 0. The third kappa shape index (κ3) is 3.78. The van der Waals surface area contributed by atoms with E-state index in [1.807, 2.05) is 36.4 Å². The van der Waals surface area contributed by atoms with E-state index in [0.717, 1.165) is 16.1 Å². The van der Waals surface area contributed by atoms with Gasteiger partial charge in [-0.1, -0.05) is 66.2 Å². The summed E-state index contributed by atoms with van der Waals surface area (Å²) in [6.45, 7) is 6.62. The Hall–Kier alpha value is -2.72. The molecule has 4 heteroatoms. The van der Waals surface area contributed by atoms with Gasteiger partial charge in [0, 0.05) is 11.9 Å². The lowest BCUT2D eigenvalue weighted by Crippen LogP contribution is -2.14. The molecule has 0 aliphatic heterocycles. The Morgan fingerprint density at radius 2 is 1.83 bits per heavy atom. The largest absolute Gasteiger partial charge is 0.311 e. The molecule has 3 rings (SSSR count). The molecule has 2 aromatic carbocycles. The molecule has 1 aromatic heterocycles. The molecular weight excluding hydrogens is 314 g/mol. The molecule has 0 N–H and O–H groups in total. The van der Waals surface area contributed by atoms with Crippen LogP contribution in [0.2, 0.25) is 0 Å². The number of aryl methyl sites for hydroxylation is 1. The first kappa shape index (κ1) is 16.1. The summed E-state index contributed by atoms with van der Waals surface area (Å²) in [4.78, 5) is 0.858. The van der Waals surface area contributed by atoms with Crippen LogP contribution in [0.5, 0.6) is 0 Å². The van der Waals surface area contributed by atoms with Gasteiger partial charge in [0.25, 0.3) is 0 Å². The summed E-state index contributed by atoms with van der Waals surface area (Å²) < 4.78 is 2.12. The molecule has 0 spiro atoms. The number of hydrogen-bond acceptors (Lipinski definition) is 3. The van der Waals surface area contributed by atoms with Gasteiger partial charge in [-0.25, -0.2) is 0 Å². The van der Waals surface area contributed by atoms with E-state index in [0.29, 0.717) is 6.54 Å². The average molecular weight is 333 g/mol. The molecule has 3 aromatic rings. The Labute approximate surface area is 146 Å². The van der Waals surface area contributed by atoms with Crippen molar-refractivity contribution in [3.05, 3.63) is 88.6 Å². The average Bonchev–Trinajstić information content (AvgIpc) is 3.01. The first-order valence-electron chi connectivity index (χ1n) is 7.76. The van der Waals surface area contributed by atoms with Crippen molar-refractivity contribution in [1.29, 1.82) is 0 Å². The standard InChI is InChI=1S/C20H19N3S/c1-3-13-23-19(18-7-5-4-6-8-18)15-24-20(23)22-21-14-17-11-9-16(2)10-12-17/h3-12,14-15H,1,13H2,2H3/b21-14-,22-20-. The fourth-order valence-electron chi connectivity index (χ4n) is 2.35. The highest BCUT2D eigenvalue weighted by Gasteiger charge is 2.06. The van der Waals surface area contributed by atoms with E-state index in [9.17, 15) is 0 Å². The molecule has 0 aliphatic carbocycles. The molecule has 0 amide bonds. The van der Waals surface area contributed by atoms with Crippen LogP contribution < -0.4 is 4.80 Å². The topological polar surface area (TPSA) is 29.6 Å². The molecule has 120 valence electrons. The van der Waals surface area contributed by atoms with Crippen molar-refractivity contribution in [2.24, 2.45) is 10.2 Å². The van der Waals surface area contributed by atoms with Crippen molar-refractivity contribution in [1.82, 2.24) is 4.57 Å². The molecule has 0 saturated carbocycles. The number of rotatable bonds is 5. The van der Waals surface area contributed by atoms with Gasteiger partial charge in [-0.3, -0.25) is 0 Å². The highest BCUT2D eigenvalue weighted by Crippen LogP contribution is 2.19. The van der Waals surface area contributed by atoms with Gasteiger partial charge < -0.3 is 4.57 Å². The van der Waals surface area contributed by atoms with Crippen molar-refractivity contribution >= 4 is 17.6 Å². The maximum Gasteiger partial charge on any atom is 0.211 e. The van der Waals surface area contributed by atoms with E-state index >= 15 is 0 Å². The zero-order chi connectivity index (χ0) is 16.8. The predicted octanol–water partition coefficient (Wildman–Crippen LogP) is 4.65. The number of allylic oxidation sites excluding steroid dienone is 1. The lowest BCUT2D eigenvalue weighted by molar-refractivity contribution is 0.789.